The quantitative estimate of drug-likeness (QED) is 0.589. The number of carbonyl (C=O) groups is 1. The molecule has 1 aliphatic carbocycles. The number of halogens is 1. The lowest BCUT2D eigenvalue weighted by Gasteiger charge is -2.08. The second kappa shape index (κ2) is 5.93. The van der Waals surface area contributed by atoms with Crippen molar-refractivity contribution in [1.82, 2.24) is 0 Å². The molecule has 1 N–H and O–H groups in total. The fourth-order valence-corrected chi connectivity index (χ4v) is 3.26. The lowest BCUT2D eigenvalue weighted by atomic mass is 10.1. The summed E-state index contributed by atoms with van der Waals surface area (Å²) in [5.41, 5.74) is 6.48. The predicted octanol–water partition coefficient (Wildman–Crippen LogP) is 4.58. The van der Waals surface area contributed by atoms with E-state index in [2.05, 4.69) is 23.5 Å². The minimum atomic E-state index is -0.324. The lowest BCUT2D eigenvalue weighted by molar-refractivity contribution is -0.115. The molecule has 0 heterocycles. The van der Waals surface area contributed by atoms with Crippen LogP contribution in [0.3, 0.4) is 0 Å². The molecular weight excluding hydrogens is 301 g/mol. The maximum atomic E-state index is 13.2. The summed E-state index contributed by atoms with van der Waals surface area (Å²) in [5.74, 6) is -0.466. The van der Waals surface area contributed by atoms with Crippen LogP contribution in [-0.2, 0) is 17.6 Å². The summed E-state index contributed by atoms with van der Waals surface area (Å²) in [7, 11) is 0. The molecule has 1 amide bonds. The predicted molar refractivity (Wildman–Crippen MR) is 93.4 cm³/mol. The van der Waals surface area contributed by atoms with E-state index < -0.39 is 0 Å². The highest BCUT2D eigenvalue weighted by atomic mass is 19.1. The van der Waals surface area contributed by atoms with E-state index in [1.54, 1.807) is 12.1 Å². The lowest BCUT2D eigenvalue weighted by Crippen LogP contribution is -2.14. The molecule has 0 fully saturated rings. The van der Waals surface area contributed by atoms with E-state index in [4.69, 9.17) is 0 Å². The fraction of sp³-hybridized carbons (Fsp3) is 0.0952. The number of nitrogens with one attached hydrogen (secondary N) is 1. The Morgan fingerprint density at radius 1 is 0.917 bits per heavy atom. The number of benzene rings is 3. The van der Waals surface area contributed by atoms with Crippen molar-refractivity contribution in [3.8, 4) is 11.1 Å². The zero-order valence-corrected chi connectivity index (χ0v) is 13.1. The first-order chi connectivity index (χ1) is 11.7. The largest absolute Gasteiger partial charge is 0.326 e. The van der Waals surface area contributed by atoms with E-state index in [0.29, 0.717) is 5.56 Å². The molecule has 1 aliphatic rings. The topological polar surface area (TPSA) is 29.1 Å². The Bertz CT molecular complexity index is 933. The van der Waals surface area contributed by atoms with E-state index in [1.807, 2.05) is 24.3 Å². The number of hydrogen-bond donors (Lipinski definition) is 1. The Kier molecular flexibility index (Phi) is 3.62. The van der Waals surface area contributed by atoms with Crippen LogP contribution in [0, 0.1) is 5.82 Å². The molecule has 0 saturated carbocycles. The number of carbonyl (C=O) groups excluding carboxylic acids is 1. The molecule has 3 aromatic rings. The monoisotopic (exact) mass is 317 g/mol. The van der Waals surface area contributed by atoms with Crippen molar-refractivity contribution in [2.75, 3.05) is 5.32 Å². The second-order valence-corrected chi connectivity index (χ2v) is 6.06. The molecule has 3 heteroatoms. The van der Waals surface area contributed by atoms with Gasteiger partial charge >= 0.3 is 0 Å². The van der Waals surface area contributed by atoms with Gasteiger partial charge in [0.15, 0.2) is 0 Å². The van der Waals surface area contributed by atoms with Gasteiger partial charge in [-0.25, -0.2) is 4.39 Å². The van der Waals surface area contributed by atoms with Crippen molar-refractivity contribution in [2.24, 2.45) is 0 Å². The van der Waals surface area contributed by atoms with Gasteiger partial charge in [-0.1, -0.05) is 42.5 Å². The third-order valence-corrected chi connectivity index (χ3v) is 4.33. The van der Waals surface area contributed by atoms with E-state index in [0.717, 1.165) is 12.1 Å². The van der Waals surface area contributed by atoms with Gasteiger partial charge in [-0.05, 0) is 58.5 Å². The molecule has 0 spiro atoms. The van der Waals surface area contributed by atoms with E-state index in [-0.39, 0.29) is 18.1 Å². The van der Waals surface area contributed by atoms with Gasteiger partial charge < -0.3 is 5.32 Å². The van der Waals surface area contributed by atoms with Crippen LogP contribution in [0.15, 0.2) is 66.7 Å². The normalized spacial score (nSPS) is 11.7. The third-order valence-electron chi connectivity index (χ3n) is 4.33. The van der Waals surface area contributed by atoms with Crippen LogP contribution >= 0.6 is 0 Å². The highest BCUT2D eigenvalue weighted by Crippen LogP contribution is 2.37. The molecule has 3 aromatic carbocycles. The smallest absolute Gasteiger partial charge is 0.228 e. The molecule has 0 atom stereocenters. The van der Waals surface area contributed by atoms with Crippen LogP contribution in [-0.4, -0.2) is 5.91 Å². The standard InChI is InChI=1S/C21H16FNO/c22-17-6-3-4-14(10-17)11-21(24)23-18-8-9-20-16(13-18)12-15-5-1-2-7-19(15)20/h1-10,13H,11-12H2,(H,23,24). The molecule has 118 valence electrons. The first-order valence-corrected chi connectivity index (χ1v) is 7.94. The minimum Gasteiger partial charge on any atom is -0.326 e. The molecular formula is C21H16FNO. The molecule has 0 saturated heterocycles. The van der Waals surface area contributed by atoms with Crippen molar-refractivity contribution >= 4 is 11.6 Å². The molecule has 2 nitrogen and oxygen atoms in total. The van der Waals surface area contributed by atoms with Crippen molar-refractivity contribution in [3.05, 3.63) is 89.2 Å². The fourth-order valence-electron chi connectivity index (χ4n) is 3.26. The van der Waals surface area contributed by atoms with Crippen molar-refractivity contribution < 1.29 is 9.18 Å². The van der Waals surface area contributed by atoms with E-state index in [1.165, 1.54) is 34.4 Å². The van der Waals surface area contributed by atoms with E-state index >= 15 is 0 Å². The third kappa shape index (κ3) is 2.81. The van der Waals surface area contributed by atoms with Crippen LogP contribution in [0.2, 0.25) is 0 Å². The zero-order valence-electron chi connectivity index (χ0n) is 13.1. The molecule has 0 radical (unpaired) electrons. The average Bonchev–Trinajstić information content (AvgIpc) is 2.92. The van der Waals surface area contributed by atoms with Gasteiger partial charge in [0, 0.05) is 5.69 Å². The van der Waals surface area contributed by atoms with Gasteiger partial charge in [0.2, 0.25) is 5.91 Å². The number of hydrogen-bond acceptors (Lipinski definition) is 1. The number of rotatable bonds is 3. The Labute approximate surface area is 140 Å². The number of fused-ring (bicyclic) bond motifs is 3. The van der Waals surface area contributed by atoms with E-state index in [9.17, 15) is 9.18 Å². The summed E-state index contributed by atoms with van der Waals surface area (Å²) in [5, 5.41) is 2.90. The molecule has 24 heavy (non-hydrogen) atoms. The van der Waals surface area contributed by atoms with Crippen LogP contribution in [0.4, 0.5) is 10.1 Å². The van der Waals surface area contributed by atoms with Crippen LogP contribution < -0.4 is 5.32 Å². The second-order valence-electron chi connectivity index (χ2n) is 6.06. The summed E-state index contributed by atoms with van der Waals surface area (Å²) < 4.78 is 13.2. The first kappa shape index (κ1) is 14.6. The number of amides is 1. The number of anilines is 1. The highest BCUT2D eigenvalue weighted by Gasteiger charge is 2.18. The SMILES string of the molecule is O=C(Cc1cccc(F)c1)Nc1ccc2c(c1)Cc1ccccc1-2. The average molecular weight is 317 g/mol. The minimum absolute atomic E-state index is 0.143. The van der Waals surface area contributed by atoms with Gasteiger partial charge in [0.25, 0.3) is 0 Å². The summed E-state index contributed by atoms with van der Waals surface area (Å²) in [6.07, 6.45) is 1.05. The van der Waals surface area contributed by atoms with Crippen molar-refractivity contribution in [3.63, 3.8) is 0 Å². The first-order valence-electron chi connectivity index (χ1n) is 7.94. The van der Waals surface area contributed by atoms with Gasteiger partial charge in [-0.3, -0.25) is 4.79 Å². The molecule has 4 rings (SSSR count). The Morgan fingerprint density at radius 3 is 2.62 bits per heavy atom. The van der Waals surface area contributed by atoms with Crippen molar-refractivity contribution in [1.29, 1.82) is 0 Å². The summed E-state index contributed by atoms with van der Waals surface area (Å²) in [6, 6.07) is 20.5. The summed E-state index contributed by atoms with van der Waals surface area (Å²) in [6.45, 7) is 0. The van der Waals surface area contributed by atoms with Gasteiger partial charge in [-0.15, -0.1) is 0 Å². The molecule has 0 bridgehead atoms. The Morgan fingerprint density at radius 2 is 1.75 bits per heavy atom. The Hall–Kier alpha value is -2.94. The Balaban J connectivity index is 1.50. The van der Waals surface area contributed by atoms with Gasteiger partial charge in [0.1, 0.15) is 5.82 Å². The summed E-state index contributed by atoms with van der Waals surface area (Å²) in [4.78, 5) is 12.2. The summed E-state index contributed by atoms with van der Waals surface area (Å²) >= 11 is 0. The van der Waals surface area contributed by atoms with Gasteiger partial charge in [-0.2, -0.15) is 0 Å². The molecule has 0 aliphatic heterocycles. The molecule has 0 unspecified atom stereocenters. The van der Waals surface area contributed by atoms with Crippen molar-refractivity contribution in [2.45, 2.75) is 12.8 Å². The van der Waals surface area contributed by atoms with Crippen LogP contribution in [0.5, 0.6) is 0 Å². The van der Waals surface area contributed by atoms with Gasteiger partial charge in [0.05, 0.1) is 6.42 Å². The van der Waals surface area contributed by atoms with Crippen LogP contribution in [0.1, 0.15) is 16.7 Å². The molecule has 0 aromatic heterocycles. The zero-order chi connectivity index (χ0) is 16.5. The highest BCUT2D eigenvalue weighted by molar-refractivity contribution is 5.93. The maximum absolute atomic E-state index is 13.2. The van der Waals surface area contributed by atoms with Crippen LogP contribution in [0.25, 0.3) is 11.1 Å². The maximum Gasteiger partial charge on any atom is 0.228 e.